The monoisotopic (exact) mass is 479 g/mol. The first kappa shape index (κ1) is 25.5. The Bertz CT molecular complexity index is 1160. The Morgan fingerprint density at radius 3 is 2.03 bits per heavy atom. The highest BCUT2D eigenvalue weighted by Gasteiger charge is 2.16. The minimum atomic E-state index is -3.50. The zero-order chi connectivity index (χ0) is 24.6. The van der Waals surface area contributed by atoms with Crippen molar-refractivity contribution in [2.24, 2.45) is 0 Å². The maximum Gasteiger partial charge on any atom is 0.319 e. The van der Waals surface area contributed by atoms with Crippen molar-refractivity contribution in [3.8, 4) is 0 Å². The molecule has 3 aromatic rings. The van der Waals surface area contributed by atoms with E-state index in [1.54, 1.807) is 12.1 Å². The molecule has 3 aromatic carbocycles. The minimum absolute atomic E-state index is 0.0690. The summed E-state index contributed by atoms with van der Waals surface area (Å²) in [6.45, 7) is 8.97. The highest BCUT2D eigenvalue weighted by molar-refractivity contribution is 7.90. The van der Waals surface area contributed by atoms with E-state index in [2.05, 4.69) is 29.4 Å². The van der Waals surface area contributed by atoms with Gasteiger partial charge < -0.3 is 10.6 Å². The van der Waals surface area contributed by atoms with E-state index in [0.29, 0.717) is 5.69 Å². The number of sulfone groups is 1. The average Bonchev–Trinajstić information content (AvgIpc) is 2.84. The summed E-state index contributed by atoms with van der Waals surface area (Å²) in [5.74, 6) is -0.0690. The van der Waals surface area contributed by atoms with Crippen LogP contribution in [-0.2, 0) is 22.1 Å². The molecule has 2 amide bonds. The molecular weight excluding hydrogens is 446 g/mol. The smallest absolute Gasteiger partial charge is 0.319 e. The van der Waals surface area contributed by atoms with Gasteiger partial charge in [0.25, 0.3) is 0 Å². The summed E-state index contributed by atoms with van der Waals surface area (Å²) < 4.78 is 25.8. The number of amides is 2. The second kappa shape index (κ2) is 11.8. The van der Waals surface area contributed by atoms with Gasteiger partial charge in [0.1, 0.15) is 0 Å². The summed E-state index contributed by atoms with van der Waals surface area (Å²) in [7, 11) is -3.50. The molecule has 0 aliphatic heterocycles. The molecule has 0 aliphatic carbocycles. The van der Waals surface area contributed by atoms with E-state index in [9.17, 15) is 13.2 Å². The van der Waals surface area contributed by atoms with Gasteiger partial charge >= 0.3 is 6.03 Å². The van der Waals surface area contributed by atoms with Gasteiger partial charge in [-0.2, -0.15) is 0 Å². The van der Waals surface area contributed by atoms with Gasteiger partial charge in [-0.25, -0.2) is 13.2 Å². The second-order valence-electron chi connectivity index (χ2n) is 8.29. The summed E-state index contributed by atoms with van der Waals surface area (Å²) >= 11 is 0. The molecule has 0 heterocycles. The van der Waals surface area contributed by atoms with Gasteiger partial charge in [-0.15, -0.1) is 0 Å². The van der Waals surface area contributed by atoms with Gasteiger partial charge in [-0.3, -0.25) is 4.90 Å². The quantitative estimate of drug-likeness (QED) is 0.409. The lowest BCUT2D eigenvalue weighted by atomic mass is 10.1. The predicted octanol–water partition coefficient (Wildman–Crippen LogP) is 5.39. The van der Waals surface area contributed by atoms with E-state index in [0.717, 1.165) is 30.8 Å². The van der Waals surface area contributed by atoms with Gasteiger partial charge in [0, 0.05) is 12.2 Å². The first-order valence-corrected chi connectivity index (χ1v) is 13.2. The van der Waals surface area contributed by atoms with Crippen LogP contribution in [0.15, 0.2) is 83.8 Å². The van der Waals surface area contributed by atoms with Crippen LogP contribution in [0.3, 0.4) is 0 Å². The van der Waals surface area contributed by atoms with Crippen molar-refractivity contribution in [1.29, 1.82) is 0 Å². The fourth-order valence-corrected chi connectivity index (χ4v) is 5.03. The van der Waals surface area contributed by atoms with E-state index in [-0.39, 0.29) is 22.7 Å². The van der Waals surface area contributed by atoms with Crippen LogP contribution in [-0.4, -0.2) is 32.4 Å². The molecular formula is C27H33N3O3S. The molecule has 0 radical (unpaired) electrons. The molecule has 1 unspecified atom stereocenters. The van der Waals surface area contributed by atoms with Crippen molar-refractivity contribution < 1.29 is 13.2 Å². The van der Waals surface area contributed by atoms with E-state index in [1.807, 2.05) is 61.5 Å². The second-order valence-corrected chi connectivity index (χ2v) is 10.3. The molecule has 7 heteroatoms. The summed E-state index contributed by atoms with van der Waals surface area (Å²) in [6.07, 6.45) is 0. The Labute approximate surface area is 202 Å². The lowest BCUT2D eigenvalue weighted by Crippen LogP contribution is -2.31. The third kappa shape index (κ3) is 7.17. The van der Waals surface area contributed by atoms with Crippen LogP contribution < -0.4 is 10.6 Å². The van der Waals surface area contributed by atoms with Crippen molar-refractivity contribution in [2.45, 2.75) is 44.0 Å². The largest absolute Gasteiger partial charge is 0.331 e. The molecule has 0 aliphatic rings. The Morgan fingerprint density at radius 2 is 1.44 bits per heavy atom. The van der Waals surface area contributed by atoms with Crippen LogP contribution in [0.4, 0.5) is 10.5 Å². The van der Waals surface area contributed by atoms with Gasteiger partial charge in [0.2, 0.25) is 0 Å². The Morgan fingerprint density at radius 1 is 0.853 bits per heavy atom. The van der Waals surface area contributed by atoms with E-state index in [1.165, 1.54) is 17.7 Å². The van der Waals surface area contributed by atoms with Gasteiger partial charge in [0.05, 0.1) is 16.7 Å². The first-order chi connectivity index (χ1) is 16.3. The zero-order valence-corrected chi connectivity index (χ0v) is 20.8. The number of hydrogen-bond donors (Lipinski definition) is 2. The van der Waals surface area contributed by atoms with Crippen molar-refractivity contribution in [3.05, 3.63) is 95.6 Å². The number of carbonyl (C=O) groups excluding carboxylic acids is 1. The molecule has 0 fully saturated rings. The Balaban J connectivity index is 1.58. The van der Waals surface area contributed by atoms with Crippen LogP contribution in [0, 0.1) is 0 Å². The molecule has 0 saturated carbocycles. The van der Waals surface area contributed by atoms with Crippen molar-refractivity contribution >= 4 is 21.6 Å². The van der Waals surface area contributed by atoms with E-state index < -0.39 is 9.84 Å². The van der Waals surface area contributed by atoms with Crippen LogP contribution >= 0.6 is 0 Å². The van der Waals surface area contributed by atoms with Crippen molar-refractivity contribution in [3.63, 3.8) is 0 Å². The third-order valence-corrected chi connectivity index (χ3v) is 7.50. The summed E-state index contributed by atoms with van der Waals surface area (Å²) in [6, 6.07) is 23.2. The summed E-state index contributed by atoms with van der Waals surface area (Å²) in [4.78, 5) is 14.8. The number of anilines is 1. The molecule has 0 spiro atoms. The molecule has 0 bridgehead atoms. The zero-order valence-electron chi connectivity index (χ0n) is 20.0. The number of nitrogens with one attached hydrogen (secondary N) is 2. The predicted molar refractivity (Wildman–Crippen MR) is 137 cm³/mol. The van der Waals surface area contributed by atoms with Crippen molar-refractivity contribution in [2.75, 3.05) is 18.4 Å². The maximum absolute atomic E-state index is 12.9. The van der Waals surface area contributed by atoms with Gasteiger partial charge in [-0.1, -0.05) is 68.4 Å². The molecule has 180 valence electrons. The van der Waals surface area contributed by atoms with Gasteiger partial charge in [-0.05, 0) is 61.0 Å². The molecule has 1 atom stereocenters. The van der Waals surface area contributed by atoms with Crippen LogP contribution in [0.1, 0.15) is 43.5 Å². The third-order valence-electron chi connectivity index (χ3n) is 5.80. The van der Waals surface area contributed by atoms with Crippen LogP contribution in [0.2, 0.25) is 0 Å². The Kier molecular flexibility index (Phi) is 8.85. The summed E-state index contributed by atoms with van der Waals surface area (Å²) in [5.41, 5.74) is 3.44. The number of carbonyl (C=O) groups is 1. The number of urea groups is 1. The number of rotatable bonds is 10. The minimum Gasteiger partial charge on any atom is -0.331 e. The van der Waals surface area contributed by atoms with Crippen molar-refractivity contribution in [1.82, 2.24) is 10.2 Å². The maximum atomic E-state index is 12.9. The molecule has 3 rings (SSSR count). The fourth-order valence-electron chi connectivity index (χ4n) is 3.68. The molecule has 34 heavy (non-hydrogen) atoms. The molecule has 0 aromatic heterocycles. The standard InChI is InChI=1S/C27H33N3O3S/c1-4-30(5-2)19-22-11-13-23(14-12-22)20-34(32,33)26-17-15-25(16-18-26)29-27(31)28-21(3)24-9-7-6-8-10-24/h6-18,21H,4-5,19-20H2,1-3H3,(H2,28,29,31). The van der Waals surface area contributed by atoms with Crippen LogP contribution in [0.25, 0.3) is 0 Å². The lowest BCUT2D eigenvalue weighted by molar-refractivity contribution is 0.249. The first-order valence-electron chi connectivity index (χ1n) is 11.6. The number of benzene rings is 3. The molecule has 6 nitrogen and oxygen atoms in total. The molecule has 0 saturated heterocycles. The van der Waals surface area contributed by atoms with E-state index >= 15 is 0 Å². The van der Waals surface area contributed by atoms with Gasteiger partial charge in [0.15, 0.2) is 9.84 Å². The van der Waals surface area contributed by atoms with E-state index in [4.69, 9.17) is 0 Å². The SMILES string of the molecule is CCN(CC)Cc1ccc(CS(=O)(=O)c2ccc(NC(=O)NC(C)c3ccccc3)cc2)cc1. The molecule has 2 N–H and O–H groups in total. The lowest BCUT2D eigenvalue weighted by Gasteiger charge is -2.18. The average molecular weight is 480 g/mol. The van der Waals surface area contributed by atoms with Crippen LogP contribution in [0.5, 0.6) is 0 Å². The summed E-state index contributed by atoms with van der Waals surface area (Å²) in [5, 5.41) is 5.63. The number of nitrogens with zero attached hydrogens (tertiary/aromatic N) is 1. The Hall–Kier alpha value is -3.16. The fraction of sp³-hybridized carbons (Fsp3) is 0.296. The highest BCUT2D eigenvalue weighted by Crippen LogP contribution is 2.20. The normalized spacial score (nSPS) is 12.4. The number of hydrogen-bond acceptors (Lipinski definition) is 4. The highest BCUT2D eigenvalue weighted by atomic mass is 32.2. The topological polar surface area (TPSA) is 78.5 Å².